The van der Waals surface area contributed by atoms with Gasteiger partial charge in [-0.05, 0) is 36.6 Å². The van der Waals surface area contributed by atoms with Crippen molar-refractivity contribution in [3.8, 4) is 0 Å². The van der Waals surface area contributed by atoms with E-state index in [9.17, 15) is 17.6 Å². The van der Waals surface area contributed by atoms with Crippen LogP contribution in [0.5, 0.6) is 0 Å². The first-order chi connectivity index (χ1) is 10.7. The minimum atomic E-state index is -4.05. The quantitative estimate of drug-likeness (QED) is 0.629. The van der Waals surface area contributed by atoms with Gasteiger partial charge in [-0.2, -0.15) is 0 Å². The van der Waals surface area contributed by atoms with Crippen LogP contribution in [0.1, 0.15) is 39.5 Å². The Morgan fingerprint density at radius 1 is 1.30 bits per heavy atom. The molecule has 0 fully saturated rings. The second-order valence-electron chi connectivity index (χ2n) is 5.62. The van der Waals surface area contributed by atoms with Crippen LogP contribution in [0.15, 0.2) is 29.2 Å². The Balaban J connectivity index is 2.53. The summed E-state index contributed by atoms with van der Waals surface area (Å²) in [4.78, 5) is 11.6. The number of nitrogens with two attached hydrogens (primary N) is 1. The van der Waals surface area contributed by atoms with Crippen LogP contribution in [0.25, 0.3) is 0 Å². The smallest absolute Gasteiger partial charge is 0.322 e. The number of rotatable bonds is 8. The van der Waals surface area contributed by atoms with E-state index in [1.165, 1.54) is 0 Å². The molecule has 0 aromatic heterocycles. The molecular weight excluding hydrogens is 321 g/mol. The first kappa shape index (κ1) is 19.4. The number of benzene rings is 1. The van der Waals surface area contributed by atoms with Crippen molar-refractivity contribution in [1.82, 2.24) is 10.0 Å². The maximum atomic E-state index is 12.8. The highest BCUT2D eigenvalue weighted by Gasteiger charge is 2.19. The van der Waals surface area contributed by atoms with Crippen LogP contribution in [0.3, 0.4) is 0 Å². The van der Waals surface area contributed by atoms with Gasteiger partial charge >= 0.3 is 6.03 Å². The Hall–Kier alpha value is -1.67. The monoisotopic (exact) mass is 345 g/mol. The van der Waals surface area contributed by atoms with Gasteiger partial charge in [-0.25, -0.2) is 22.3 Å². The van der Waals surface area contributed by atoms with E-state index >= 15 is 0 Å². The SMILES string of the molecule is CCCCC(C)CC(N)NC(=O)NS(=O)(=O)c1ccc(F)cc1. The first-order valence-electron chi connectivity index (χ1n) is 7.59. The molecule has 23 heavy (non-hydrogen) atoms. The number of nitrogens with one attached hydrogen (secondary N) is 2. The number of carbonyl (C=O) groups excluding carboxylic acids is 1. The highest BCUT2D eigenvalue weighted by molar-refractivity contribution is 7.90. The summed E-state index contributed by atoms with van der Waals surface area (Å²) >= 11 is 0. The Bertz CT molecular complexity index is 605. The fourth-order valence-corrected chi connectivity index (χ4v) is 3.07. The van der Waals surface area contributed by atoms with Crippen LogP contribution in [0.4, 0.5) is 9.18 Å². The predicted molar refractivity (Wildman–Crippen MR) is 86.5 cm³/mol. The summed E-state index contributed by atoms with van der Waals surface area (Å²) in [6, 6.07) is 3.28. The Labute approximate surface area is 136 Å². The molecule has 1 aromatic carbocycles. The van der Waals surface area contributed by atoms with Crippen molar-refractivity contribution in [3.63, 3.8) is 0 Å². The zero-order valence-electron chi connectivity index (χ0n) is 13.4. The lowest BCUT2D eigenvalue weighted by atomic mass is 9.99. The van der Waals surface area contributed by atoms with Crippen molar-refractivity contribution in [3.05, 3.63) is 30.1 Å². The van der Waals surface area contributed by atoms with Gasteiger partial charge in [0.1, 0.15) is 5.82 Å². The summed E-state index contributed by atoms with van der Waals surface area (Å²) in [5, 5.41) is 2.40. The molecule has 6 nitrogen and oxygen atoms in total. The Morgan fingerprint density at radius 3 is 2.48 bits per heavy atom. The highest BCUT2D eigenvalue weighted by Crippen LogP contribution is 2.13. The van der Waals surface area contributed by atoms with Gasteiger partial charge < -0.3 is 11.1 Å². The lowest BCUT2D eigenvalue weighted by Crippen LogP contribution is -2.48. The van der Waals surface area contributed by atoms with Crippen molar-refractivity contribution in [1.29, 1.82) is 0 Å². The van der Waals surface area contributed by atoms with Crippen molar-refractivity contribution < 1.29 is 17.6 Å². The molecule has 1 rings (SSSR count). The van der Waals surface area contributed by atoms with Gasteiger partial charge in [-0.1, -0.05) is 33.1 Å². The van der Waals surface area contributed by atoms with Crippen molar-refractivity contribution in [2.24, 2.45) is 11.7 Å². The molecule has 4 N–H and O–H groups in total. The summed E-state index contributed by atoms with van der Waals surface area (Å²) in [6.45, 7) is 4.13. The second-order valence-corrected chi connectivity index (χ2v) is 7.30. The number of hydrogen-bond donors (Lipinski definition) is 3. The predicted octanol–water partition coefficient (Wildman–Crippen LogP) is 2.31. The van der Waals surface area contributed by atoms with Gasteiger partial charge in [0.15, 0.2) is 0 Å². The van der Waals surface area contributed by atoms with E-state index in [1.807, 2.05) is 11.6 Å². The summed E-state index contributed by atoms with van der Waals surface area (Å²) in [5.41, 5.74) is 5.81. The largest absolute Gasteiger partial charge is 0.329 e. The van der Waals surface area contributed by atoms with Crippen molar-refractivity contribution in [2.75, 3.05) is 0 Å². The molecular formula is C15H24FN3O3S. The molecule has 0 aliphatic carbocycles. The molecule has 0 saturated heterocycles. The van der Waals surface area contributed by atoms with Crippen molar-refractivity contribution in [2.45, 2.75) is 50.6 Å². The molecule has 2 atom stereocenters. The Morgan fingerprint density at radius 2 is 1.91 bits per heavy atom. The number of halogens is 1. The zero-order valence-corrected chi connectivity index (χ0v) is 14.2. The third-order valence-electron chi connectivity index (χ3n) is 3.37. The molecule has 0 aliphatic heterocycles. The molecule has 0 spiro atoms. The highest BCUT2D eigenvalue weighted by atomic mass is 32.2. The number of carbonyl (C=O) groups is 1. The summed E-state index contributed by atoms with van der Waals surface area (Å²) in [7, 11) is -4.05. The normalized spacial score (nSPS) is 14.1. The van der Waals surface area contributed by atoms with Crippen molar-refractivity contribution >= 4 is 16.1 Å². The van der Waals surface area contributed by atoms with Gasteiger partial charge in [-0.3, -0.25) is 0 Å². The van der Waals surface area contributed by atoms with E-state index in [0.29, 0.717) is 12.3 Å². The number of urea groups is 1. The molecule has 130 valence electrons. The topological polar surface area (TPSA) is 101 Å². The van der Waals surface area contributed by atoms with Crippen LogP contribution in [0, 0.1) is 11.7 Å². The molecule has 8 heteroatoms. The minimum absolute atomic E-state index is 0.195. The Kier molecular flexibility index (Phi) is 7.44. The summed E-state index contributed by atoms with van der Waals surface area (Å²) < 4.78 is 38.6. The second kappa shape index (κ2) is 8.83. The third-order valence-corrected chi connectivity index (χ3v) is 4.72. The molecule has 0 aliphatic rings. The molecule has 2 unspecified atom stereocenters. The fraction of sp³-hybridized carbons (Fsp3) is 0.533. The zero-order chi connectivity index (χ0) is 17.5. The van der Waals surface area contributed by atoms with Crippen LogP contribution in [-0.4, -0.2) is 20.6 Å². The third kappa shape index (κ3) is 6.96. The van der Waals surface area contributed by atoms with Gasteiger partial charge in [0, 0.05) is 0 Å². The van der Waals surface area contributed by atoms with Crippen LogP contribution in [-0.2, 0) is 10.0 Å². The maximum Gasteiger partial charge on any atom is 0.329 e. The van der Waals surface area contributed by atoms with E-state index < -0.39 is 28.0 Å². The van der Waals surface area contributed by atoms with E-state index in [1.54, 1.807) is 0 Å². The van der Waals surface area contributed by atoms with Gasteiger partial charge in [-0.15, -0.1) is 0 Å². The molecule has 0 bridgehead atoms. The average Bonchev–Trinajstić information content (AvgIpc) is 2.44. The van der Waals surface area contributed by atoms with Gasteiger partial charge in [0.2, 0.25) is 0 Å². The molecule has 0 radical (unpaired) electrons. The lowest BCUT2D eigenvalue weighted by molar-refractivity contribution is 0.239. The average molecular weight is 345 g/mol. The van der Waals surface area contributed by atoms with E-state index in [0.717, 1.165) is 43.5 Å². The standard InChI is InChI=1S/C15H24FN3O3S/c1-3-4-5-11(2)10-14(17)18-15(20)19-23(21,22)13-8-6-12(16)7-9-13/h6-9,11,14H,3-5,10,17H2,1-2H3,(H2,18,19,20). The van der Waals surface area contributed by atoms with Crippen LogP contribution in [0.2, 0.25) is 0 Å². The van der Waals surface area contributed by atoms with Gasteiger partial charge in [0.05, 0.1) is 11.1 Å². The number of sulfonamides is 1. The van der Waals surface area contributed by atoms with E-state index in [2.05, 4.69) is 12.2 Å². The maximum absolute atomic E-state index is 12.8. The minimum Gasteiger partial charge on any atom is -0.322 e. The molecule has 0 heterocycles. The summed E-state index contributed by atoms with van der Waals surface area (Å²) in [6.07, 6.45) is 3.10. The fourth-order valence-electron chi connectivity index (χ4n) is 2.16. The first-order valence-corrected chi connectivity index (χ1v) is 9.07. The molecule has 0 saturated carbocycles. The van der Waals surface area contributed by atoms with Crippen LogP contribution < -0.4 is 15.8 Å². The van der Waals surface area contributed by atoms with E-state index in [4.69, 9.17) is 5.73 Å². The number of hydrogen-bond acceptors (Lipinski definition) is 4. The number of amides is 2. The lowest BCUT2D eigenvalue weighted by Gasteiger charge is -2.18. The molecule has 1 aromatic rings. The van der Waals surface area contributed by atoms with E-state index in [-0.39, 0.29) is 4.90 Å². The van der Waals surface area contributed by atoms with Crippen LogP contribution >= 0.6 is 0 Å². The summed E-state index contributed by atoms with van der Waals surface area (Å²) in [5.74, 6) is -0.226. The number of unbranched alkanes of at least 4 members (excludes halogenated alkanes) is 1. The van der Waals surface area contributed by atoms with Gasteiger partial charge in [0.25, 0.3) is 10.0 Å². The molecule has 2 amide bonds.